The predicted molar refractivity (Wildman–Crippen MR) is 98.9 cm³/mol. The van der Waals surface area contributed by atoms with Gasteiger partial charge >= 0.3 is 5.97 Å². The van der Waals surface area contributed by atoms with Crippen LogP contribution in [0, 0.1) is 5.41 Å². The molecule has 1 aromatic carbocycles. The van der Waals surface area contributed by atoms with Crippen molar-refractivity contribution in [2.45, 2.75) is 39.8 Å². The van der Waals surface area contributed by atoms with E-state index in [2.05, 4.69) is 20.8 Å². The normalized spacial score (nSPS) is 13.1. The fraction of sp³-hybridized carbons (Fsp3) is 0.389. The molecule has 4 nitrogen and oxygen atoms in total. The minimum atomic E-state index is -0.991. The highest BCUT2D eigenvalue weighted by molar-refractivity contribution is 6.36. The van der Waals surface area contributed by atoms with Crippen molar-refractivity contribution in [2.24, 2.45) is 11.1 Å². The van der Waals surface area contributed by atoms with Gasteiger partial charge in [0, 0.05) is 46.2 Å². The number of nitrogens with two attached hydrogens (primary N) is 1. The summed E-state index contributed by atoms with van der Waals surface area (Å²) >= 11 is 12.2. The predicted octanol–water partition coefficient (Wildman–Crippen LogP) is 4.92. The molecule has 1 atom stereocenters. The number of aromatic nitrogens is 1. The van der Waals surface area contributed by atoms with E-state index in [1.54, 1.807) is 30.6 Å². The van der Waals surface area contributed by atoms with Crippen LogP contribution in [-0.4, -0.2) is 21.7 Å². The average molecular weight is 369 g/mol. The summed E-state index contributed by atoms with van der Waals surface area (Å²) in [6.45, 7) is 6.92. The van der Waals surface area contributed by atoms with Crippen LogP contribution in [0.5, 0.6) is 0 Å². The van der Waals surface area contributed by atoms with Crippen molar-refractivity contribution in [2.75, 3.05) is 0 Å². The van der Waals surface area contributed by atoms with E-state index in [4.69, 9.17) is 28.9 Å². The van der Waals surface area contributed by atoms with Gasteiger partial charge in [0.25, 0.3) is 0 Å². The smallest absolute Gasteiger partial charge is 0.337 e. The van der Waals surface area contributed by atoms with Gasteiger partial charge in [-0.3, -0.25) is 0 Å². The molecule has 0 saturated heterocycles. The maximum absolute atomic E-state index is 11.6. The number of aryl methyl sites for hydroxylation is 1. The third-order valence-corrected chi connectivity index (χ3v) is 4.69. The van der Waals surface area contributed by atoms with Crippen LogP contribution in [0.25, 0.3) is 11.1 Å². The number of aromatic carboxylic acids is 1. The molecule has 6 heteroatoms. The molecule has 1 unspecified atom stereocenters. The quantitative estimate of drug-likeness (QED) is 0.786. The van der Waals surface area contributed by atoms with Gasteiger partial charge in [-0.25, -0.2) is 4.79 Å². The van der Waals surface area contributed by atoms with E-state index in [0.717, 1.165) is 6.42 Å². The Kier molecular flexibility index (Phi) is 5.63. The zero-order chi connectivity index (χ0) is 18.1. The molecule has 1 heterocycles. The van der Waals surface area contributed by atoms with Gasteiger partial charge in [-0.1, -0.05) is 50.0 Å². The zero-order valence-electron chi connectivity index (χ0n) is 14.0. The van der Waals surface area contributed by atoms with Crippen LogP contribution in [0.2, 0.25) is 10.0 Å². The van der Waals surface area contributed by atoms with Gasteiger partial charge < -0.3 is 15.4 Å². The van der Waals surface area contributed by atoms with Crippen molar-refractivity contribution in [3.8, 4) is 11.1 Å². The molecule has 0 spiro atoms. The maximum Gasteiger partial charge on any atom is 0.337 e. The fourth-order valence-corrected chi connectivity index (χ4v) is 2.96. The van der Waals surface area contributed by atoms with Gasteiger partial charge in [0.05, 0.1) is 5.56 Å². The minimum Gasteiger partial charge on any atom is -0.478 e. The molecular formula is C18H22Cl2N2O2. The molecule has 0 amide bonds. The molecule has 24 heavy (non-hydrogen) atoms. The molecule has 0 radical (unpaired) electrons. The first kappa shape index (κ1) is 18.8. The van der Waals surface area contributed by atoms with Crippen molar-refractivity contribution < 1.29 is 9.90 Å². The molecule has 0 aliphatic rings. The molecule has 0 fully saturated rings. The Morgan fingerprint density at radius 2 is 1.92 bits per heavy atom. The molecule has 130 valence electrons. The summed E-state index contributed by atoms with van der Waals surface area (Å²) in [4.78, 5) is 11.6. The fourth-order valence-electron chi connectivity index (χ4n) is 2.45. The summed E-state index contributed by atoms with van der Waals surface area (Å²) in [5, 5.41) is 10.4. The average Bonchev–Trinajstić information content (AvgIpc) is 2.87. The summed E-state index contributed by atoms with van der Waals surface area (Å²) in [5.74, 6) is -0.991. The topological polar surface area (TPSA) is 68.2 Å². The van der Waals surface area contributed by atoms with Crippen LogP contribution in [0.3, 0.4) is 0 Å². The minimum absolute atomic E-state index is 0.00506. The first-order valence-corrected chi connectivity index (χ1v) is 8.49. The Morgan fingerprint density at radius 1 is 1.25 bits per heavy atom. The Bertz CT molecular complexity index is 748. The third kappa shape index (κ3) is 4.32. The second kappa shape index (κ2) is 7.18. The van der Waals surface area contributed by atoms with Crippen LogP contribution >= 0.6 is 23.2 Å². The molecule has 3 N–H and O–H groups in total. The van der Waals surface area contributed by atoms with Crippen molar-refractivity contribution in [1.82, 2.24) is 4.57 Å². The number of halogens is 2. The number of benzene rings is 1. The Balaban J connectivity index is 2.32. The Labute approximate surface area is 152 Å². The van der Waals surface area contributed by atoms with E-state index >= 15 is 0 Å². The largest absolute Gasteiger partial charge is 0.478 e. The summed E-state index contributed by atoms with van der Waals surface area (Å²) < 4.78 is 1.86. The van der Waals surface area contributed by atoms with Crippen molar-refractivity contribution >= 4 is 29.2 Å². The lowest BCUT2D eigenvalue weighted by Crippen LogP contribution is -2.35. The lowest BCUT2D eigenvalue weighted by atomic mass is 9.85. The molecule has 0 bridgehead atoms. The van der Waals surface area contributed by atoms with Gasteiger partial charge in [-0.05, 0) is 24.0 Å². The van der Waals surface area contributed by atoms with Crippen molar-refractivity contribution in [3.05, 3.63) is 46.2 Å². The van der Waals surface area contributed by atoms with E-state index < -0.39 is 5.97 Å². The van der Waals surface area contributed by atoms with Gasteiger partial charge in [-0.15, -0.1) is 0 Å². The van der Waals surface area contributed by atoms with Crippen molar-refractivity contribution in [3.63, 3.8) is 0 Å². The standard InChI is InChI=1S/C18H22Cl2N2O2/c1-18(2,3)16(21)6-7-22-9-13(14(10-22)17(23)24)12-5-4-11(19)8-15(12)20/h4-5,8-10,16H,6-7,21H2,1-3H3,(H,23,24). The number of carboxylic acid groups (broad SMARTS) is 1. The van der Waals surface area contributed by atoms with Crippen LogP contribution in [0.15, 0.2) is 30.6 Å². The highest BCUT2D eigenvalue weighted by atomic mass is 35.5. The number of rotatable bonds is 5. The lowest BCUT2D eigenvalue weighted by molar-refractivity contribution is 0.0697. The summed E-state index contributed by atoms with van der Waals surface area (Å²) in [6, 6.07) is 5.06. The molecule has 0 aliphatic heterocycles. The molecule has 2 aromatic rings. The molecule has 2 rings (SSSR count). The Morgan fingerprint density at radius 3 is 2.46 bits per heavy atom. The second-order valence-electron chi connectivity index (χ2n) is 7.01. The second-order valence-corrected chi connectivity index (χ2v) is 7.86. The number of carboxylic acids is 1. The van der Waals surface area contributed by atoms with E-state index in [1.165, 1.54) is 0 Å². The summed E-state index contributed by atoms with van der Waals surface area (Å²) in [5.41, 5.74) is 7.63. The first-order chi connectivity index (χ1) is 11.1. The van der Waals surface area contributed by atoms with E-state index in [-0.39, 0.29) is 17.0 Å². The summed E-state index contributed by atoms with van der Waals surface area (Å²) in [7, 11) is 0. The number of carbonyl (C=O) groups is 1. The third-order valence-electron chi connectivity index (χ3n) is 4.14. The van der Waals surface area contributed by atoms with Crippen LogP contribution < -0.4 is 5.73 Å². The summed E-state index contributed by atoms with van der Waals surface area (Å²) in [6.07, 6.45) is 4.18. The highest BCUT2D eigenvalue weighted by Gasteiger charge is 2.21. The Hall–Kier alpha value is -1.49. The van der Waals surface area contributed by atoms with Gasteiger partial charge in [0.15, 0.2) is 0 Å². The van der Waals surface area contributed by atoms with Gasteiger partial charge in [0.1, 0.15) is 0 Å². The van der Waals surface area contributed by atoms with E-state index in [0.29, 0.717) is 27.7 Å². The highest BCUT2D eigenvalue weighted by Crippen LogP contribution is 2.33. The van der Waals surface area contributed by atoms with Crippen LogP contribution in [0.1, 0.15) is 37.6 Å². The number of nitrogens with zero attached hydrogens (tertiary/aromatic N) is 1. The van der Waals surface area contributed by atoms with E-state index in [9.17, 15) is 9.90 Å². The molecular weight excluding hydrogens is 347 g/mol. The lowest BCUT2D eigenvalue weighted by Gasteiger charge is -2.27. The van der Waals surface area contributed by atoms with Crippen LogP contribution in [0.4, 0.5) is 0 Å². The molecule has 0 aliphatic carbocycles. The van der Waals surface area contributed by atoms with E-state index in [1.807, 2.05) is 4.57 Å². The SMILES string of the molecule is CC(C)(C)C(N)CCn1cc(C(=O)O)c(-c2ccc(Cl)cc2Cl)c1. The molecule has 0 saturated carbocycles. The van der Waals surface area contributed by atoms with Crippen LogP contribution in [-0.2, 0) is 6.54 Å². The number of hydrogen-bond donors (Lipinski definition) is 2. The van der Waals surface area contributed by atoms with Crippen molar-refractivity contribution in [1.29, 1.82) is 0 Å². The van der Waals surface area contributed by atoms with Gasteiger partial charge in [-0.2, -0.15) is 0 Å². The molecule has 1 aromatic heterocycles. The van der Waals surface area contributed by atoms with Gasteiger partial charge in [0.2, 0.25) is 0 Å². The maximum atomic E-state index is 11.6. The first-order valence-electron chi connectivity index (χ1n) is 7.73. The number of hydrogen-bond acceptors (Lipinski definition) is 2. The zero-order valence-corrected chi connectivity index (χ0v) is 15.5. The monoisotopic (exact) mass is 368 g/mol.